The molecule has 0 bridgehead atoms. The molecule has 1 unspecified atom stereocenters. The number of carbonyl (C=O) groups is 2. The molecule has 2 aromatic carbocycles. The Bertz CT molecular complexity index is 851. The molecule has 1 aliphatic heterocycles. The van der Waals surface area contributed by atoms with Gasteiger partial charge in [0.2, 0.25) is 11.8 Å². The van der Waals surface area contributed by atoms with E-state index in [9.17, 15) is 14.7 Å². The Morgan fingerprint density at radius 1 is 1.11 bits per heavy atom. The summed E-state index contributed by atoms with van der Waals surface area (Å²) in [5, 5.41) is 13.9. The van der Waals surface area contributed by atoms with E-state index < -0.39 is 11.9 Å². The molecule has 7 nitrogen and oxygen atoms in total. The highest BCUT2D eigenvalue weighted by atomic mass is 16.7. The van der Waals surface area contributed by atoms with Crippen molar-refractivity contribution in [1.29, 1.82) is 0 Å². The second-order valence-electron chi connectivity index (χ2n) is 6.13. The number of rotatable bonds is 7. The predicted octanol–water partition coefficient (Wildman–Crippen LogP) is 1.19. The second-order valence-corrected chi connectivity index (χ2v) is 6.13. The molecule has 0 radical (unpaired) electrons. The van der Waals surface area contributed by atoms with Crippen LogP contribution in [-0.2, 0) is 20.8 Å². The summed E-state index contributed by atoms with van der Waals surface area (Å²) < 4.78 is 0. The third-order valence-electron chi connectivity index (χ3n) is 4.18. The highest BCUT2D eigenvalue weighted by Crippen LogP contribution is 2.26. The zero-order valence-corrected chi connectivity index (χ0v) is 14.7. The van der Waals surface area contributed by atoms with Crippen molar-refractivity contribution in [1.82, 2.24) is 10.4 Å². The van der Waals surface area contributed by atoms with Gasteiger partial charge < -0.3 is 21.0 Å². The number of aromatic hydroxyl groups is 1. The molecule has 2 aromatic rings. The Balaban J connectivity index is 1.54. The van der Waals surface area contributed by atoms with Crippen LogP contribution < -0.4 is 11.1 Å². The Kier molecular flexibility index (Phi) is 5.73. The van der Waals surface area contributed by atoms with Gasteiger partial charge in [0.15, 0.2) is 5.76 Å². The highest BCUT2D eigenvalue weighted by molar-refractivity contribution is 5.85. The normalized spacial score (nSPS) is 16.4. The first-order valence-electron chi connectivity index (χ1n) is 8.59. The maximum Gasteiger partial charge on any atom is 0.242 e. The van der Waals surface area contributed by atoms with Crippen molar-refractivity contribution in [2.45, 2.75) is 12.5 Å². The van der Waals surface area contributed by atoms with Gasteiger partial charge in [-0.15, -0.1) is 5.06 Å². The van der Waals surface area contributed by atoms with Crippen molar-refractivity contribution in [3.05, 3.63) is 71.8 Å². The molecule has 3 rings (SSSR count). The number of hydrogen-bond acceptors (Lipinski definition) is 5. The third-order valence-corrected chi connectivity index (χ3v) is 4.18. The molecule has 1 heterocycles. The van der Waals surface area contributed by atoms with Gasteiger partial charge >= 0.3 is 0 Å². The van der Waals surface area contributed by atoms with E-state index in [1.54, 1.807) is 24.3 Å². The zero-order valence-electron chi connectivity index (χ0n) is 14.7. The maximum absolute atomic E-state index is 12.1. The third kappa shape index (κ3) is 4.65. The van der Waals surface area contributed by atoms with Crippen LogP contribution in [0.5, 0.6) is 5.75 Å². The fourth-order valence-corrected chi connectivity index (χ4v) is 2.80. The quantitative estimate of drug-likeness (QED) is 0.682. The van der Waals surface area contributed by atoms with Crippen LogP contribution in [0, 0.1) is 0 Å². The standard InChI is InChI=1S/C20H21N3O4/c21-20(26)16-13-18(14-6-2-1-3-7-14)27-23(16)11-10-22-19(25)12-15-8-4-5-9-17(15)24/h1-9,13,16,24H,10-12H2,(H2,21,26)(H,22,25). The summed E-state index contributed by atoms with van der Waals surface area (Å²) in [7, 11) is 0. The minimum Gasteiger partial charge on any atom is -0.508 e. The average molecular weight is 367 g/mol. The van der Waals surface area contributed by atoms with Gasteiger partial charge in [-0.05, 0) is 12.1 Å². The number of phenolic OH excluding ortho intramolecular Hbond substituents is 1. The number of hydroxylamine groups is 2. The molecular formula is C20H21N3O4. The topological polar surface area (TPSA) is 105 Å². The van der Waals surface area contributed by atoms with Gasteiger partial charge in [-0.25, -0.2) is 0 Å². The van der Waals surface area contributed by atoms with Crippen LogP contribution in [0.3, 0.4) is 0 Å². The Morgan fingerprint density at radius 2 is 1.81 bits per heavy atom. The molecule has 4 N–H and O–H groups in total. The minimum atomic E-state index is -0.699. The van der Waals surface area contributed by atoms with Crippen molar-refractivity contribution in [2.75, 3.05) is 13.1 Å². The van der Waals surface area contributed by atoms with Crippen molar-refractivity contribution in [3.63, 3.8) is 0 Å². The first kappa shape index (κ1) is 18.5. The monoisotopic (exact) mass is 367 g/mol. The van der Waals surface area contributed by atoms with E-state index in [0.29, 0.717) is 11.3 Å². The van der Waals surface area contributed by atoms with E-state index in [4.69, 9.17) is 10.6 Å². The van der Waals surface area contributed by atoms with Crippen molar-refractivity contribution in [2.24, 2.45) is 5.73 Å². The van der Waals surface area contributed by atoms with Crippen LogP contribution in [0.1, 0.15) is 11.1 Å². The van der Waals surface area contributed by atoms with Gasteiger partial charge in [0.25, 0.3) is 0 Å². The van der Waals surface area contributed by atoms with E-state index in [1.807, 2.05) is 30.3 Å². The average Bonchev–Trinajstić information content (AvgIpc) is 3.09. The Hall–Kier alpha value is -3.32. The van der Waals surface area contributed by atoms with E-state index in [2.05, 4.69) is 5.32 Å². The molecule has 140 valence electrons. The van der Waals surface area contributed by atoms with Crippen LogP contribution in [0.2, 0.25) is 0 Å². The lowest BCUT2D eigenvalue weighted by atomic mass is 10.1. The fourth-order valence-electron chi connectivity index (χ4n) is 2.80. The van der Waals surface area contributed by atoms with Crippen molar-refractivity contribution >= 4 is 17.6 Å². The number of primary amides is 1. The Labute approximate surface area is 157 Å². The molecule has 0 aromatic heterocycles. The second kappa shape index (κ2) is 8.37. The molecule has 0 saturated heterocycles. The first-order valence-corrected chi connectivity index (χ1v) is 8.59. The van der Waals surface area contributed by atoms with E-state index in [1.165, 1.54) is 11.1 Å². The van der Waals surface area contributed by atoms with Gasteiger partial charge in [-0.3, -0.25) is 9.59 Å². The van der Waals surface area contributed by atoms with Gasteiger partial charge in [0.05, 0.1) is 13.0 Å². The number of nitrogens with two attached hydrogens (primary N) is 1. The van der Waals surface area contributed by atoms with E-state index in [0.717, 1.165) is 5.56 Å². The molecular weight excluding hydrogens is 346 g/mol. The molecule has 27 heavy (non-hydrogen) atoms. The zero-order chi connectivity index (χ0) is 19.2. The van der Waals surface area contributed by atoms with Crippen LogP contribution in [-0.4, -0.2) is 41.1 Å². The first-order chi connectivity index (χ1) is 13.0. The van der Waals surface area contributed by atoms with Gasteiger partial charge in [-0.1, -0.05) is 48.5 Å². The lowest BCUT2D eigenvalue weighted by Crippen LogP contribution is -2.43. The number of para-hydroxylation sites is 1. The van der Waals surface area contributed by atoms with E-state index >= 15 is 0 Å². The predicted molar refractivity (Wildman–Crippen MR) is 100 cm³/mol. The largest absolute Gasteiger partial charge is 0.508 e. The lowest BCUT2D eigenvalue weighted by Gasteiger charge is -2.21. The highest BCUT2D eigenvalue weighted by Gasteiger charge is 2.31. The summed E-state index contributed by atoms with van der Waals surface area (Å²) >= 11 is 0. The molecule has 0 spiro atoms. The molecule has 0 fully saturated rings. The summed E-state index contributed by atoms with van der Waals surface area (Å²) in [5.74, 6) is -0.120. The van der Waals surface area contributed by atoms with Gasteiger partial charge in [-0.2, -0.15) is 0 Å². The molecule has 1 atom stereocenters. The fraction of sp³-hybridized carbons (Fsp3) is 0.200. The smallest absolute Gasteiger partial charge is 0.242 e. The summed E-state index contributed by atoms with van der Waals surface area (Å²) in [6.45, 7) is 0.555. The van der Waals surface area contributed by atoms with Crippen LogP contribution >= 0.6 is 0 Å². The summed E-state index contributed by atoms with van der Waals surface area (Å²) in [6.07, 6.45) is 1.74. The number of nitrogens with one attached hydrogen (secondary N) is 1. The number of nitrogens with zero attached hydrogens (tertiary/aromatic N) is 1. The minimum absolute atomic E-state index is 0.0697. The summed E-state index contributed by atoms with van der Waals surface area (Å²) in [5.41, 5.74) is 6.85. The summed E-state index contributed by atoms with van der Waals surface area (Å²) in [6, 6.07) is 15.4. The Morgan fingerprint density at radius 3 is 2.52 bits per heavy atom. The number of hydrogen-bond donors (Lipinski definition) is 3. The molecule has 2 amide bonds. The number of amides is 2. The number of benzene rings is 2. The molecule has 0 saturated carbocycles. The van der Waals surface area contributed by atoms with Crippen LogP contribution in [0.4, 0.5) is 0 Å². The molecule has 7 heteroatoms. The van der Waals surface area contributed by atoms with Gasteiger partial charge in [0, 0.05) is 17.7 Å². The van der Waals surface area contributed by atoms with Crippen LogP contribution in [0.15, 0.2) is 60.7 Å². The summed E-state index contributed by atoms with van der Waals surface area (Å²) in [4.78, 5) is 29.5. The lowest BCUT2D eigenvalue weighted by molar-refractivity contribution is -0.137. The van der Waals surface area contributed by atoms with E-state index in [-0.39, 0.29) is 31.2 Å². The number of phenols is 1. The SMILES string of the molecule is NC(=O)C1C=C(c2ccccc2)ON1CCNC(=O)Cc1ccccc1O. The van der Waals surface area contributed by atoms with Crippen molar-refractivity contribution < 1.29 is 19.5 Å². The molecule has 0 aliphatic carbocycles. The van der Waals surface area contributed by atoms with Crippen LogP contribution in [0.25, 0.3) is 5.76 Å². The maximum atomic E-state index is 12.1. The molecule has 1 aliphatic rings. The van der Waals surface area contributed by atoms with Crippen molar-refractivity contribution in [3.8, 4) is 5.75 Å². The van der Waals surface area contributed by atoms with Gasteiger partial charge in [0.1, 0.15) is 11.8 Å². The number of carbonyl (C=O) groups excluding carboxylic acids is 2.